The van der Waals surface area contributed by atoms with Gasteiger partial charge in [-0.1, -0.05) is 19.3 Å². The molecule has 2 aliphatic rings. The van der Waals surface area contributed by atoms with E-state index in [-0.39, 0.29) is 29.6 Å². The molecule has 0 bridgehead atoms. The van der Waals surface area contributed by atoms with Crippen LogP contribution in [-0.4, -0.2) is 41.4 Å². The molecule has 0 unspecified atom stereocenters. The fraction of sp³-hybridized carbons (Fsp3) is 0.611. The van der Waals surface area contributed by atoms with Gasteiger partial charge in [-0.3, -0.25) is 14.6 Å². The summed E-state index contributed by atoms with van der Waals surface area (Å²) in [5, 5.41) is 0. The predicted octanol–water partition coefficient (Wildman–Crippen LogP) is 1.60. The van der Waals surface area contributed by atoms with Gasteiger partial charge in [-0.2, -0.15) is 0 Å². The Bertz CT molecular complexity index is 572. The quantitative estimate of drug-likeness (QED) is 0.888. The van der Waals surface area contributed by atoms with Gasteiger partial charge < -0.3 is 15.4 Å². The van der Waals surface area contributed by atoms with Crippen LogP contribution in [0.2, 0.25) is 0 Å². The number of hydrogen-bond acceptors (Lipinski definition) is 4. The van der Waals surface area contributed by atoms with Gasteiger partial charge in [0.25, 0.3) is 0 Å². The van der Waals surface area contributed by atoms with Crippen molar-refractivity contribution in [3.8, 4) is 5.75 Å². The molecule has 0 spiro atoms. The summed E-state index contributed by atoms with van der Waals surface area (Å²) in [5.74, 6) is 0.282. The van der Waals surface area contributed by atoms with E-state index in [9.17, 15) is 9.59 Å². The highest BCUT2D eigenvalue weighted by atomic mass is 16.5. The lowest BCUT2D eigenvalue weighted by Gasteiger charge is -2.26. The summed E-state index contributed by atoms with van der Waals surface area (Å²) >= 11 is 0. The monoisotopic (exact) mass is 331 g/mol. The molecule has 3 rings (SSSR count). The van der Waals surface area contributed by atoms with E-state index in [1.54, 1.807) is 24.5 Å². The van der Waals surface area contributed by atoms with Crippen LogP contribution >= 0.6 is 0 Å². The van der Waals surface area contributed by atoms with Crippen molar-refractivity contribution in [2.75, 3.05) is 19.7 Å². The van der Waals surface area contributed by atoms with Crippen molar-refractivity contribution in [1.29, 1.82) is 0 Å². The van der Waals surface area contributed by atoms with Crippen LogP contribution in [0.3, 0.4) is 0 Å². The zero-order chi connectivity index (χ0) is 16.9. The molecule has 6 nitrogen and oxygen atoms in total. The molecule has 1 saturated carbocycles. The smallest absolute Gasteiger partial charge is 0.225 e. The molecule has 2 fully saturated rings. The highest BCUT2D eigenvalue weighted by molar-refractivity contribution is 5.82. The molecule has 2 atom stereocenters. The van der Waals surface area contributed by atoms with Gasteiger partial charge in [-0.25, -0.2) is 0 Å². The molecule has 1 aliphatic heterocycles. The van der Waals surface area contributed by atoms with Gasteiger partial charge >= 0.3 is 0 Å². The predicted molar refractivity (Wildman–Crippen MR) is 89.1 cm³/mol. The summed E-state index contributed by atoms with van der Waals surface area (Å²) in [6, 6.07) is 3.55. The molecule has 6 heteroatoms. The van der Waals surface area contributed by atoms with Crippen molar-refractivity contribution in [3.05, 3.63) is 24.5 Å². The zero-order valence-corrected chi connectivity index (χ0v) is 13.9. The number of nitrogens with two attached hydrogens (primary N) is 1. The van der Waals surface area contributed by atoms with Crippen LogP contribution in [0.1, 0.15) is 32.1 Å². The number of aromatic nitrogens is 1. The number of hydrogen-bond donors (Lipinski definition) is 1. The largest absolute Gasteiger partial charge is 0.493 e. The summed E-state index contributed by atoms with van der Waals surface area (Å²) in [4.78, 5) is 30.3. The summed E-state index contributed by atoms with van der Waals surface area (Å²) in [6.45, 7) is 1.36. The van der Waals surface area contributed by atoms with E-state index in [1.807, 2.05) is 4.90 Å². The van der Waals surface area contributed by atoms with E-state index in [0.29, 0.717) is 25.4 Å². The topological polar surface area (TPSA) is 85.5 Å². The molecule has 1 saturated heterocycles. The van der Waals surface area contributed by atoms with Crippen molar-refractivity contribution in [2.45, 2.75) is 32.1 Å². The first-order chi connectivity index (χ1) is 11.6. The molecular formula is C18H25N3O3. The van der Waals surface area contributed by atoms with Crippen molar-refractivity contribution in [3.63, 3.8) is 0 Å². The number of likely N-dealkylation sites (tertiary alicyclic amines) is 1. The molecule has 2 heterocycles. The van der Waals surface area contributed by atoms with E-state index < -0.39 is 0 Å². The zero-order valence-electron chi connectivity index (χ0n) is 13.9. The molecule has 0 aromatic carbocycles. The number of carbonyl (C=O) groups excluding carboxylic acids is 2. The number of rotatable bonds is 5. The molecular weight excluding hydrogens is 306 g/mol. The second-order valence-electron chi connectivity index (χ2n) is 6.84. The van der Waals surface area contributed by atoms with Crippen LogP contribution in [0.4, 0.5) is 0 Å². The average Bonchev–Trinajstić information content (AvgIpc) is 3.05. The van der Waals surface area contributed by atoms with Gasteiger partial charge in [0.2, 0.25) is 11.8 Å². The Morgan fingerprint density at radius 1 is 1.17 bits per heavy atom. The van der Waals surface area contributed by atoms with E-state index >= 15 is 0 Å². The Kier molecular flexibility index (Phi) is 5.33. The summed E-state index contributed by atoms with van der Waals surface area (Å²) in [7, 11) is 0. The van der Waals surface area contributed by atoms with E-state index in [0.717, 1.165) is 25.7 Å². The van der Waals surface area contributed by atoms with E-state index in [2.05, 4.69) is 4.98 Å². The first-order valence-electron chi connectivity index (χ1n) is 8.76. The summed E-state index contributed by atoms with van der Waals surface area (Å²) in [6.07, 6.45) is 8.72. The molecule has 1 aliphatic carbocycles. The van der Waals surface area contributed by atoms with Crippen LogP contribution in [0, 0.1) is 17.8 Å². The fourth-order valence-electron chi connectivity index (χ4n) is 3.79. The molecule has 24 heavy (non-hydrogen) atoms. The summed E-state index contributed by atoms with van der Waals surface area (Å²) < 4.78 is 5.76. The molecule has 2 amide bonds. The molecule has 2 N–H and O–H groups in total. The second-order valence-corrected chi connectivity index (χ2v) is 6.84. The standard InChI is InChI=1S/C18H25N3O3/c19-17(22)16-11-21(18(23)13-4-2-1-3-5-13)10-14(16)12-24-15-6-8-20-9-7-15/h6-9,13-14,16H,1-5,10-12H2,(H2,19,22)/t14-,16+/m0/s1. The fourth-order valence-corrected chi connectivity index (χ4v) is 3.79. The van der Waals surface area contributed by atoms with Crippen LogP contribution < -0.4 is 10.5 Å². The molecule has 0 radical (unpaired) electrons. The van der Waals surface area contributed by atoms with Gasteiger partial charge in [0.1, 0.15) is 5.75 Å². The number of primary amides is 1. The van der Waals surface area contributed by atoms with Crippen LogP contribution in [-0.2, 0) is 9.59 Å². The number of nitrogens with zero attached hydrogens (tertiary/aromatic N) is 2. The third kappa shape index (κ3) is 3.86. The Balaban J connectivity index is 1.61. The Hall–Kier alpha value is -2.11. The lowest BCUT2D eigenvalue weighted by molar-refractivity contribution is -0.135. The Morgan fingerprint density at radius 2 is 1.88 bits per heavy atom. The lowest BCUT2D eigenvalue weighted by atomic mass is 9.88. The van der Waals surface area contributed by atoms with Gasteiger partial charge in [-0.05, 0) is 25.0 Å². The highest BCUT2D eigenvalue weighted by Gasteiger charge is 2.40. The maximum absolute atomic E-state index is 12.7. The minimum absolute atomic E-state index is 0.0526. The molecule has 1 aromatic heterocycles. The minimum atomic E-state index is -0.350. The number of pyridine rings is 1. The van der Waals surface area contributed by atoms with Gasteiger partial charge in [-0.15, -0.1) is 0 Å². The van der Waals surface area contributed by atoms with Gasteiger partial charge in [0.15, 0.2) is 0 Å². The summed E-state index contributed by atoms with van der Waals surface area (Å²) in [5.41, 5.74) is 5.56. The third-order valence-corrected chi connectivity index (χ3v) is 5.19. The van der Waals surface area contributed by atoms with Gasteiger partial charge in [0.05, 0.1) is 12.5 Å². The van der Waals surface area contributed by atoms with Crippen LogP contribution in [0.15, 0.2) is 24.5 Å². The third-order valence-electron chi connectivity index (χ3n) is 5.19. The van der Waals surface area contributed by atoms with Crippen LogP contribution in [0.5, 0.6) is 5.75 Å². The average molecular weight is 331 g/mol. The van der Waals surface area contributed by atoms with Crippen LogP contribution in [0.25, 0.3) is 0 Å². The Labute approximate surface area is 142 Å². The first-order valence-corrected chi connectivity index (χ1v) is 8.76. The van der Waals surface area contributed by atoms with Crippen molar-refractivity contribution in [1.82, 2.24) is 9.88 Å². The number of ether oxygens (including phenoxy) is 1. The lowest BCUT2D eigenvalue weighted by Crippen LogP contribution is -2.36. The highest BCUT2D eigenvalue weighted by Crippen LogP contribution is 2.30. The van der Waals surface area contributed by atoms with Gasteiger partial charge in [0, 0.05) is 37.3 Å². The van der Waals surface area contributed by atoms with E-state index in [4.69, 9.17) is 10.5 Å². The maximum Gasteiger partial charge on any atom is 0.225 e. The van der Waals surface area contributed by atoms with E-state index in [1.165, 1.54) is 6.42 Å². The SMILES string of the molecule is NC(=O)[C@@H]1CN(C(=O)C2CCCCC2)C[C@H]1COc1ccncc1. The van der Waals surface area contributed by atoms with Crippen molar-refractivity contribution in [2.24, 2.45) is 23.5 Å². The minimum Gasteiger partial charge on any atom is -0.493 e. The molecule has 130 valence electrons. The normalized spacial score (nSPS) is 24.8. The van der Waals surface area contributed by atoms with Crippen molar-refractivity contribution < 1.29 is 14.3 Å². The molecule has 1 aromatic rings. The van der Waals surface area contributed by atoms with Crippen molar-refractivity contribution >= 4 is 11.8 Å². The maximum atomic E-state index is 12.7. The second kappa shape index (κ2) is 7.64. The Morgan fingerprint density at radius 3 is 2.54 bits per heavy atom. The number of amides is 2. The first kappa shape index (κ1) is 16.7. The number of carbonyl (C=O) groups is 2.